The Kier molecular flexibility index (Phi) is 6.96. The van der Waals surface area contributed by atoms with Gasteiger partial charge in [-0.2, -0.15) is 0 Å². The Morgan fingerprint density at radius 2 is 2.16 bits per heavy atom. The van der Waals surface area contributed by atoms with Crippen LogP contribution in [-0.4, -0.2) is 67.9 Å². The molecule has 0 spiro atoms. The Balaban J connectivity index is 1.34. The first-order valence-electron chi connectivity index (χ1n) is 10.3. The molecule has 0 bridgehead atoms. The molecule has 1 atom stereocenters. The van der Waals surface area contributed by atoms with Crippen molar-refractivity contribution in [2.75, 3.05) is 39.4 Å². The summed E-state index contributed by atoms with van der Waals surface area (Å²) in [4.78, 5) is 31.3. The zero-order chi connectivity index (χ0) is 21.6. The third-order valence-corrected chi connectivity index (χ3v) is 5.42. The molecule has 7 nitrogen and oxygen atoms in total. The van der Waals surface area contributed by atoms with Crippen LogP contribution < -0.4 is 5.32 Å². The van der Waals surface area contributed by atoms with E-state index in [1.807, 2.05) is 6.07 Å². The molecule has 8 heteroatoms. The number of carbonyl (C=O) groups excluding carboxylic acids is 2. The third kappa shape index (κ3) is 5.70. The van der Waals surface area contributed by atoms with E-state index in [1.54, 1.807) is 42.5 Å². The quantitative estimate of drug-likeness (QED) is 0.541. The molecule has 1 aromatic carbocycles. The first-order chi connectivity index (χ1) is 15.1. The average molecular weight is 442 g/mol. The topological polar surface area (TPSA) is 80.2 Å². The van der Waals surface area contributed by atoms with Gasteiger partial charge in [-0.1, -0.05) is 23.7 Å². The summed E-state index contributed by atoms with van der Waals surface area (Å²) < 4.78 is 11.1. The van der Waals surface area contributed by atoms with Gasteiger partial charge in [-0.25, -0.2) is 4.99 Å². The second kappa shape index (κ2) is 10.0. The number of aliphatic imine (C=N–C) groups is 1. The van der Waals surface area contributed by atoms with Gasteiger partial charge < -0.3 is 14.8 Å². The molecule has 31 heavy (non-hydrogen) atoms. The highest BCUT2D eigenvalue weighted by Gasteiger charge is 2.29. The Bertz CT molecular complexity index is 977. The molecule has 1 N–H and O–H groups in total. The van der Waals surface area contributed by atoms with Crippen molar-refractivity contribution in [3.63, 3.8) is 0 Å². The van der Waals surface area contributed by atoms with Crippen molar-refractivity contribution in [2.24, 2.45) is 4.99 Å². The Morgan fingerprint density at radius 3 is 2.97 bits per heavy atom. The van der Waals surface area contributed by atoms with Gasteiger partial charge in [-0.15, -0.1) is 0 Å². The number of benzene rings is 1. The van der Waals surface area contributed by atoms with Crippen LogP contribution in [0.25, 0.3) is 6.08 Å². The molecular formula is C23H24ClN3O4. The lowest BCUT2D eigenvalue weighted by molar-refractivity contribution is -0.119. The monoisotopic (exact) mass is 441 g/mol. The molecule has 1 aliphatic carbocycles. The van der Waals surface area contributed by atoms with E-state index < -0.39 is 12.0 Å². The van der Waals surface area contributed by atoms with Crippen molar-refractivity contribution in [3.8, 4) is 0 Å². The van der Waals surface area contributed by atoms with Gasteiger partial charge in [0.1, 0.15) is 0 Å². The minimum absolute atomic E-state index is 0.144. The van der Waals surface area contributed by atoms with Crippen molar-refractivity contribution < 1.29 is 19.1 Å². The Morgan fingerprint density at radius 1 is 1.32 bits per heavy atom. The molecule has 4 rings (SSSR count). The van der Waals surface area contributed by atoms with Crippen LogP contribution in [0.2, 0.25) is 5.02 Å². The molecule has 0 radical (unpaired) electrons. The van der Waals surface area contributed by atoms with Crippen molar-refractivity contribution in [1.82, 2.24) is 10.2 Å². The second-order valence-corrected chi connectivity index (χ2v) is 7.90. The predicted molar refractivity (Wildman–Crippen MR) is 119 cm³/mol. The van der Waals surface area contributed by atoms with Crippen LogP contribution >= 0.6 is 11.6 Å². The number of ether oxygens (including phenoxy) is 2. The summed E-state index contributed by atoms with van der Waals surface area (Å²) in [5.41, 5.74) is 1.64. The normalized spacial score (nSPS) is 22.4. The summed E-state index contributed by atoms with van der Waals surface area (Å²) in [5.74, 6) is -0.528. The van der Waals surface area contributed by atoms with Gasteiger partial charge in [0.05, 0.1) is 18.9 Å². The summed E-state index contributed by atoms with van der Waals surface area (Å²) >= 11 is 5.99. The number of amides is 2. The zero-order valence-corrected chi connectivity index (χ0v) is 17.8. The summed E-state index contributed by atoms with van der Waals surface area (Å²) in [6, 6.07) is 7.12. The SMILES string of the molecule is O=C(NCCCN1CCOCC1)C1=CC2=NC(=O)/C(=C\c3cccc(Cl)c3)OC2C=C1. The summed E-state index contributed by atoms with van der Waals surface area (Å²) in [6.45, 7) is 4.92. The van der Waals surface area contributed by atoms with Crippen LogP contribution in [0.4, 0.5) is 0 Å². The van der Waals surface area contributed by atoms with E-state index in [0.29, 0.717) is 22.9 Å². The Labute approximate surface area is 186 Å². The van der Waals surface area contributed by atoms with Crippen molar-refractivity contribution in [1.29, 1.82) is 0 Å². The minimum Gasteiger partial charge on any atom is -0.474 e. The van der Waals surface area contributed by atoms with E-state index in [0.717, 1.165) is 44.8 Å². The molecule has 0 aromatic heterocycles. The van der Waals surface area contributed by atoms with Gasteiger partial charge in [0.2, 0.25) is 0 Å². The van der Waals surface area contributed by atoms with Crippen LogP contribution in [-0.2, 0) is 19.1 Å². The van der Waals surface area contributed by atoms with Crippen molar-refractivity contribution >= 4 is 35.2 Å². The van der Waals surface area contributed by atoms with Gasteiger partial charge in [-0.3, -0.25) is 14.5 Å². The fraction of sp³-hybridized carbons (Fsp3) is 0.348. The molecule has 1 fully saturated rings. The smallest absolute Gasteiger partial charge is 0.312 e. The average Bonchev–Trinajstić information content (AvgIpc) is 2.77. The molecule has 1 aromatic rings. The van der Waals surface area contributed by atoms with Gasteiger partial charge in [0.15, 0.2) is 11.9 Å². The van der Waals surface area contributed by atoms with E-state index in [-0.39, 0.29) is 11.7 Å². The van der Waals surface area contributed by atoms with Gasteiger partial charge in [-0.05, 0) is 55.0 Å². The van der Waals surface area contributed by atoms with E-state index in [1.165, 1.54) is 0 Å². The van der Waals surface area contributed by atoms with E-state index in [4.69, 9.17) is 21.1 Å². The van der Waals surface area contributed by atoms with Crippen LogP contribution in [0.5, 0.6) is 0 Å². The number of carbonyl (C=O) groups is 2. The number of hydrogen-bond acceptors (Lipinski definition) is 5. The lowest BCUT2D eigenvalue weighted by Gasteiger charge is -2.26. The summed E-state index contributed by atoms with van der Waals surface area (Å²) in [6.07, 6.45) is 7.03. The zero-order valence-electron chi connectivity index (χ0n) is 17.1. The van der Waals surface area contributed by atoms with Gasteiger partial charge in [0.25, 0.3) is 5.91 Å². The first kappa shape index (κ1) is 21.5. The highest BCUT2D eigenvalue weighted by molar-refractivity contribution is 6.30. The molecule has 1 unspecified atom stereocenters. The number of rotatable bonds is 6. The van der Waals surface area contributed by atoms with Crippen molar-refractivity contribution in [2.45, 2.75) is 12.5 Å². The maximum atomic E-state index is 12.5. The van der Waals surface area contributed by atoms with E-state index >= 15 is 0 Å². The van der Waals surface area contributed by atoms with Crippen LogP contribution in [0, 0.1) is 0 Å². The van der Waals surface area contributed by atoms with Gasteiger partial charge >= 0.3 is 5.91 Å². The molecule has 2 amide bonds. The van der Waals surface area contributed by atoms with Crippen LogP contribution in [0.1, 0.15) is 12.0 Å². The maximum absolute atomic E-state index is 12.5. The molecule has 0 saturated carbocycles. The molecule has 2 heterocycles. The fourth-order valence-corrected chi connectivity index (χ4v) is 3.75. The number of morpholine rings is 1. The summed E-state index contributed by atoms with van der Waals surface area (Å²) in [5, 5.41) is 3.50. The first-order valence-corrected chi connectivity index (χ1v) is 10.7. The van der Waals surface area contributed by atoms with Crippen LogP contribution in [0.15, 0.2) is 58.8 Å². The molecular weight excluding hydrogens is 418 g/mol. The highest BCUT2D eigenvalue weighted by Crippen LogP contribution is 2.23. The standard InChI is InChI=1S/C23H24ClN3O4/c24-18-4-1-3-16(13-18)14-21-23(29)26-19-15-17(5-6-20(19)31-21)22(28)25-7-2-8-27-9-11-30-12-10-27/h1,3-6,13-15,20H,2,7-12H2,(H,25,28)/b21-14+. The van der Waals surface area contributed by atoms with E-state index in [2.05, 4.69) is 15.2 Å². The van der Waals surface area contributed by atoms with E-state index in [9.17, 15) is 9.59 Å². The number of nitrogens with one attached hydrogen (secondary N) is 1. The second-order valence-electron chi connectivity index (χ2n) is 7.47. The summed E-state index contributed by atoms with van der Waals surface area (Å²) in [7, 11) is 0. The van der Waals surface area contributed by atoms with Crippen molar-refractivity contribution in [3.05, 3.63) is 64.4 Å². The maximum Gasteiger partial charge on any atom is 0.312 e. The number of fused-ring (bicyclic) bond motifs is 1. The molecule has 162 valence electrons. The number of halogens is 1. The molecule has 3 aliphatic rings. The molecule has 2 aliphatic heterocycles. The fourth-order valence-electron chi connectivity index (χ4n) is 3.55. The predicted octanol–water partition coefficient (Wildman–Crippen LogP) is 2.38. The number of hydrogen-bond donors (Lipinski definition) is 1. The Hall–Kier alpha value is -2.74. The highest BCUT2D eigenvalue weighted by atomic mass is 35.5. The lowest BCUT2D eigenvalue weighted by atomic mass is 10.0. The minimum atomic E-state index is -0.499. The largest absolute Gasteiger partial charge is 0.474 e. The molecule has 1 saturated heterocycles. The third-order valence-electron chi connectivity index (χ3n) is 5.19. The lowest BCUT2D eigenvalue weighted by Crippen LogP contribution is -2.38. The number of nitrogens with zero attached hydrogens (tertiary/aromatic N) is 2. The van der Waals surface area contributed by atoms with Gasteiger partial charge in [0, 0.05) is 30.2 Å². The van der Waals surface area contributed by atoms with Crippen LogP contribution in [0.3, 0.4) is 0 Å².